The quantitative estimate of drug-likeness (QED) is 0.387. The van der Waals surface area contributed by atoms with Gasteiger partial charge in [-0.25, -0.2) is 4.98 Å². The second-order valence-corrected chi connectivity index (χ2v) is 7.42. The lowest BCUT2D eigenvalue weighted by Gasteiger charge is -2.20. The number of rotatable bonds is 8. The van der Waals surface area contributed by atoms with Crippen molar-refractivity contribution in [2.45, 2.75) is 39.8 Å². The molecule has 2 aromatic heterocycles. The van der Waals surface area contributed by atoms with Gasteiger partial charge in [-0.1, -0.05) is 19.9 Å². The molecule has 0 amide bonds. The van der Waals surface area contributed by atoms with Crippen LogP contribution < -0.4 is 10.6 Å². The van der Waals surface area contributed by atoms with Gasteiger partial charge < -0.3 is 20.3 Å². The van der Waals surface area contributed by atoms with E-state index < -0.39 is 4.92 Å². The standard InChI is InChI=1S/C19H25N7O3/c1-11(2)15(9-27)22-19-23-17(16-18(24-19)25(10-20-16)12(3)4)21-13-6-5-7-14(8-13)26(28)29/h5-8,10-12,15,27H,9H2,1-4H3,(H2,21,22,23,24)/t15-/m0/s1. The highest BCUT2D eigenvalue weighted by atomic mass is 16.6. The molecule has 10 nitrogen and oxygen atoms in total. The molecular weight excluding hydrogens is 374 g/mol. The number of hydrogen-bond acceptors (Lipinski definition) is 8. The number of nitro benzene ring substituents is 1. The molecule has 3 rings (SSSR count). The third-order valence-corrected chi connectivity index (χ3v) is 4.61. The Hall–Kier alpha value is -3.27. The Morgan fingerprint density at radius 3 is 2.62 bits per heavy atom. The summed E-state index contributed by atoms with van der Waals surface area (Å²) in [6.07, 6.45) is 1.69. The zero-order chi connectivity index (χ0) is 21.1. The molecule has 0 saturated carbocycles. The summed E-state index contributed by atoms with van der Waals surface area (Å²) < 4.78 is 1.92. The maximum Gasteiger partial charge on any atom is 0.271 e. The van der Waals surface area contributed by atoms with Crippen LogP contribution in [-0.2, 0) is 0 Å². The molecule has 0 aliphatic heterocycles. The van der Waals surface area contributed by atoms with Gasteiger partial charge in [0, 0.05) is 23.9 Å². The second kappa shape index (κ2) is 8.39. The Morgan fingerprint density at radius 1 is 1.24 bits per heavy atom. The van der Waals surface area contributed by atoms with Crippen LogP contribution in [0.4, 0.5) is 23.1 Å². The highest BCUT2D eigenvalue weighted by Gasteiger charge is 2.19. The Kier molecular flexibility index (Phi) is 5.92. The number of non-ortho nitro benzene ring substituents is 1. The van der Waals surface area contributed by atoms with E-state index in [4.69, 9.17) is 0 Å². The molecule has 0 spiro atoms. The summed E-state index contributed by atoms with van der Waals surface area (Å²) in [5, 5.41) is 27.0. The van der Waals surface area contributed by atoms with Crippen molar-refractivity contribution in [1.29, 1.82) is 0 Å². The van der Waals surface area contributed by atoms with E-state index in [9.17, 15) is 15.2 Å². The van der Waals surface area contributed by atoms with Crippen LogP contribution in [0.1, 0.15) is 33.7 Å². The topological polar surface area (TPSA) is 131 Å². The minimum atomic E-state index is -0.449. The van der Waals surface area contributed by atoms with Crippen LogP contribution in [-0.4, -0.2) is 42.2 Å². The first-order valence-corrected chi connectivity index (χ1v) is 9.43. The third-order valence-electron chi connectivity index (χ3n) is 4.61. The van der Waals surface area contributed by atoms with Crippen molar-refractivity contribution in [1.82, 2.24) is 19.5 Å². The molecule has 0 aliphatic rings. The summed E-state index contributed by atoms with van der Waals surface area (Å²) in [6.45, 7) is 7.97. The fraction of sp³-hybridized carbons (Fsp3) is 0.421. The van der Waals surface area contributed by atoms with Gasteiger partial charge >= 0.3 is 0 Å². The van der Waals surface area contributed by atoms with Crippen molar-refractivity contribution in [3.8, 4) is 0 Å². The fourth-order valence-corrected chi connectivity index (χ4v) is 2.87. The number of fused-ring (bicyclic) bond motifs is 1. The van der Waals surface area contributed by atoms with Gasteiger partial charge in [0.05, 0.1) is 23.9 Å². The number of imidazole rings is 1. The van der Waals surface area contributed by atoms with E-state index >= 15 is 0 Å². The van der Waals surface area contributed by atoms with Crippen LogP contribution in [0.25, 0.3) is 11.2 Å². The van der Waals surface area contributed by atoms with Crippen molar-refractivity contribution in [3.63, 3.8) is 0 Å². The van der Waals surface area contributed by atoms with Crippen LogP contribution in [0.2, 0.25) is 0 Å². The van der Waals surface area contributed by atoms with Gasteiger partial charge in [0.25, 0.3) is 5.69 Å². The van der Waals surface area contributed by atoms with Crippen LogP contribution in [0.3, 0.4) is 0 Å². The van der Waals surface area contributed by atoms with Gasteiger partial charge in [0.15, 0.2) is 17.0 Å². The summed E-state index contributed by atoms with van der Waals surface area (Å²) in [6, 6.07) is 6.10. The molecule has 29 heavy (non-hydrogen) atoms. The highest BCUT2D eigenvalue weighted by molar-refractivity contribution is 5.86. The molecule has 10 heteroatoms. The predicted octanol–water partition coefficient (Wildman–Crippen LogP) is 3.49. The maximum absolute atomic E-state index is 11.1. The number of nitro groups is 1. The molecule has 0 aliphatic carbocycles. The Labute approximate surface area is 168 Å². The molecule has 1 aromatic carbocycles. The number of nitrogens with one attached hydrogen (secondary N) is 2. The number of nitrogens with zero attached hydrogens (tertiary/aromatic N) is 5. The summed E-state index contributed by atoms with van der Waals surface area (Å²) >= 11 is 0. The first-order valence-electron chi connectivity index (χ1n) is 9.43. The van der Waals surface area contributed by atoms with E-state index in [0.29, 0.717) is 28.6 Å². The van der Waals surface area contributed by atoms with Gasteiger partial charge in [-0.2, -0.15) is 9.97 Å². The fourth-order valence-electron chi connectivity index (χ4n) is 2.87. The van der Waals surface area contributed by atoms with E-state index in [1.807, 2.05) is 32.3 Å². The smallest absolute Gasteiger partial charge is 0.271 e. The van der Waals surface area contributed by atoms with Crippen LogP contribution >= 0.6 is 0 Å². The average molecular weight is 399 g/mol. The molecular formula is C19H25N7O3. The van der Waals surface area contributed by atoms with E-state index in [1.54, 1.807) is 18.5 Å². The van der Waals surface area contributed by atoms with E-state index in [2.05, 4.69) is 25.6 Å². The second-order valence-electron chi connectivity index (χ2n) is 7.42. The lowest BCUT2D eigenvalue weighted by molar-refractivity contribution is -0.384. The molecule has 3 N–H and O–H groups in total. The molecule has 3 aromatic rings. The molecule has 2 heterocycles. The largest absolute Gasteiger partial charge is 0.394 e. The minimum Gasteiger partial charge on any atom is -0.394 e. The normalized spacial score (nSPS) is 12.5. The van der Waals surface area contributed by atoms with Gasteiger partial charge in [0.1, 0.15) is 0 Å². The molecule has 0 bridgehead atoms. The van der Waals surface area contributed by atoms with E-state index in [1.165, 1.54) is 12.1 Å². The van der Waals surface area contributed by atoms with E-state index in [-0.39, 0.29) is 30.3 Å². The number of hydrogen-bond donors (Lipinski definition) is 3. The summed E-state index contributed by atoms with van der Waals surface area (Å²) in [5.74, 6) is 0.945. The first kappa shape index (κ1) is 20.5. The minimum absolute atomic E-state index is 0.0217. The molecule has 0 radical (unpaired) electrons. The van der Waals surface area contributed by atoms with E-state index in [0.717, 1.165) is 0 Å². The van der Waals surface area contributed by atoms with Crippen molar-refractivity contribution in [2.75, 3.05) is 17.2 Å². The highest BCUT2D eigenvalue weighted by Crippen LogP contribution is 2.28. The van der Waals surface area contributed by atoms with Gasteiger partial charge in [-0.3, -0.25) is 10.1 Å². The van der Waals surface area contributed by atoms with Crippen LogP contribution in [0.15, 0.2) is 30.6 Å². The van der Waals surface area contributed by atoms with Crippen molar-refractivity contribution < 1.29 is 10.0 Å². The Balaban J connectivity index is 2.07. The maximum atomic E-state index is 11.1. The first-order chi connectivity index (χ1) is 13.8. The van der Waals surface area contributed by atoms with Crippen LogP contribution in [0.5, 0.6) is 0 Å². The molecule has 1 atom stereocenters. The zero-order valence-electron chi connectivity index (χ0n) is 16.8. The van der Waals surface area contributed by atoms with Crippen LogP contribution in [0, 0.1) is 16.0 Å². The lowest BCUT2D eigenvalue weighted by atomic mass is 10.1. The predicted molar refractivity (Wildman–Crippen MR) is 111 cm³/mol. The molecule has 0 fully saturated rings. The third kappa shape index (κ3) is 4.43. The number of benzene rings is 1. The van der Waals surface area contributed by atoms with Gasteiger partial charge in [-0.15, -0.1) is 0 Å². The molecule has 0 unspecified atom stereocenters. The van der Waals surface area contributed by atoms with Gasteiger partial charge in [0.2, 0.25) is 5.95 Å². The number of aliphatic hydroxyl groups is 1. The Bertz CT molecular complexity index is 1020. The van der Waals surface area contributed by atoms with Gasteiger partial charge in [-0.05, 0) is 25.8 Å². The SMILES string of the molecule is CC(C)[C@H](CO)Nc1nc(Nc2cccc([N+](=O)[O-])c2)c2ncn(C(C)C)c2n1. The van der Waals surface area contributed by atoms with Crippen molar-refractivity contribution in [2.24, 2.45) is 5.92 Å². The summed E-state index contributed by atoms with van der Waals surface area (Å²) in [5.41, 5.74) is 1.69. The lowest BCUT2D eigenvalue weighted by Crippen LogP contribution is -2.30. The molecule has 0 saturated heterocycles. The number of aromatic nitrogens is 4. The molecule has 154 valence electrons. The summed E-state index contributed by atoms with van der Waals surface area (Å²) in [4.78, 5) is 24.2. The number of anilines is 3. The van der Waals surface area contributed by atoms with Crippen molar-refractivity contribution in [3.05, 3.63) is 40.7 Å². The summed E-state index contributed by atoms with van der Waals surface area (Å²) in [7, 11) is 0. The Morgan fingerprint density at radius 2 is 2.00 bits per heavy atom. The average Bonchev–Trinajstić information content (AvgIpc) is 3.10. The number of aliphatic hydroxyl groups excluding tert-OH is 1. The van der Waals surface area contributed by atoms with Crippen molar-refractivity contribution >= 4 is 34.3 Å². The zero-order valence-corrected chi connectivity index (χ0v) is 16.8. The monoisotopic (exact) mass is 399 g/mol.